The van der Waals surface area contributed by atoms with Crippen molar-refractivity contribution >= 4 is 20.6 Å². The Hall–Kier alpha value is -0.843. The maximum Gasteiger partial charge on any atom is 0.308 e. The molecule has 7 atom stereocenters. The van der Waals surface area contributed by atoms with Crippen LogP contribution in [0.5, 0.6) is 0 Å². The summed E-state index contributed by atoms with van der Waals surface area (Å²) in [6.07, 6.45) is 0.626. The highest BCUT2D eigenvalue weighted by molar-refractivity contribution is 6.74. The molecule has 3 fully saturated rings. The molecule has 3 saturated heterocycles. The van der Waals surface area contributed by atoms with Crippen molar-refractivity contribution in [3.63, 3.8) is 0 Å². The predicted molar refractivity (Wildman–Crippen MR) is 124 cm³/mol. The van der Waals surface area contributed by atoms with Crippen LogP contribution in [0.15, 0.2) is 0 Å². The average molecular weight is 487 g/mol. The van der Waals surface area contributed by atoms with Gasteiger partial charge in [0, 0.05) is 0 Å². The number of hydrogen-bond donors (Lipinski definition) is 0. The smallest absolute Gasteiger partial charge is 0.308 e. The summed E-state index contributed by atoms with van der Waals surface area (Å²) in [6, 6.07) is 0. The Morgan fingerprint density at radius 3 is 2.27 bits per heavy atom. The van der Waals surface area contributed by atoms with Crippen molar-refractivity contribution in [1.82, 2.24) is 0 Å². The topological polar surface area (TPSA) is 89.5 Å². The molecule has 3 rings (SSSR count). The van der Waals surface area contributed by atoms with Crippen LogP contribution in [-0.2, 0) is 37.7 Å². The van der Waals surface area contributed by atoms with E-state index in [0.29, 0.717) is 25.7 Å². The van der Waals surface area contributed by atoms with Crippen molar-refractivity contribution in [3.8, 4) is 0 Å². The van der Waals surface area contributed by atoms with Crippen molar-refractivity contribution in [2.75, 3.05) is 7.11 Å². The van der Waals surface area contributed by atoms with Crippen LogP contribution in [0.3, 0.4) is 0 Å². The summed E-state index contributed by atoms with van der Waals surface area (Å²) in [5.41, 5.74) is 0. The zero-order valence-electron chi connectivity index (χ0n) is 21.4. The summed E-state index contributed by atoms with van der Waals surface area (Å²) >= 11 is 0. The molecule has 0 aromatic heterocycles. The first-order valence-electron chi connectivity index (χ1n) is 12.3. The van der Waals surface area contributed by atoms with Crippen LogP contribution in [0.1, 0.15) is 66.7 Å². The zero-order chi connectivity index (χ0) is 24.6. The lowest BCUT2D eigenvalue weighted by Crippen LogP contribution is -2.64. The molecular weight excluding hydrogens is 444 g/mol. The minimum Gasteiger partial charge on any atom is -0.469 e. The first kappa shape index (κ1) is 26.8. The van der Waals surface area contributed by atoms with Crippen molar-refractivity contribution in [2.24, 2.45) is 0 Å². The van der Waals surface area contributed by atoms with Crippen molar-refractivity contribution in [1.29, 1.82) is 0 Å². The van der Waals surface area contributed by atoms with Crippen molar-refractivity contribution < 1.29 is 37.7 Å². The first-order chi connectivity index (χ1) is 15.4. The molecule has 0 bridgehead atoms. The van der Waals surface area contributed by atoms with Crippen molar-refractivity contribution in [3.05, 3.63) is 0 Å². The van der Waals surface area contributed by atoms with Gasteiger partial charge in [-0.05, 0) is 43.8 Å². The van der Waals surface area contributed by atoms with Gasteiger partial charge in [-0.2, -0.15) is 0 Å². The number of fused-ring (bicyclic) bond motifs is 3. The number of carbonyl (C=O) groups is 2. The molecule has 9 heteroatoms. The van der Waals surface area contributed by atoms with Crippen LogP contribution in [0.2, 0.25) is 18.1 Å². The summed E-state index contributed by atoms with van der Waals surface area (Å²) in [7, 11) is -0.857. The quantitative estimate of drug-likeness (QED) is 0.291. The minimum atomic E-state index is -2.24. The molecule has 0 aromatic carbocycles. The van der Waals surface area contributed by atoms with Gasteiger partial charge in [-0.1, -0.05) is 34.6 Å². The lowest BCUT2D eigenvalue weighted by Gasteiger charge is -2.48. The molecular formula is C24H42O8Si. The van der Waals surface area contributed by atoms with Gasteiger partial charge in [-0.25, -0.2) is 0 Å². The third-order valence-corrected chi connectivity index (χ3v) is 12.4. The molecule has 8 nitrogen and oxygen atoms in total. The molecule has 3 heterocycles. The molecule has 0 aliphatic carbocycles. The summed E-state index contributed by atoms with van der Waals surface area (Å²) in [6.45, 7) is 14.7. The van der Waals surface area contributed by atoms with Gasteiger partial charge < -0.3 is 32.9 Å². The van der Waals surface area contributed by atoms with E-state index in [0.717, 1.165) is 6.29 Å². The van der Waals surface area contributed by atoms with Crippen LogP contribution in [0.25, 0.3) is 0 Å². The first-order valence-corrected chi connectivity index (χ1v) is 15.2. The van der Waals surface area contributed by atoms with E-state index >= 15 is 0 Å². The van der Waals surface area contributed by atoms with Crippen LogP contribution >= 0.6 is 0 Å². The minimum absolute atomic E-state index is 0.0520. The summed E-state index contributed by atoms with van der Waals surface area (Å²) in [5, 5.41) is -0.0520. The number of ether oxygens (including phenoxy) is 5. The molecule has 0 aromatic rings. The molecule has 0 spiro atoms. The molecule has 0 radical (unpaired) electrons. The second-order valence-corrected chi connectivity index (χ2v) is 15.7. The van der Waals surface area contributed by atoms with E-state index in [9.17, 15) is 9.59 Å². The Morgan fingerprint density at radius 1 is 1.09 bits per heavy atom. The Kier molecular flexibility index (Phi) is 8.13. The normalized spacial score (nSPS) is 34.8. The number of methoxy groups -OCH3 is 1. The molecule has 0 saturated carbocycles. The van der Waals surface area contributed by atoms with Gasteiger partial charge in [0.1, 0.15) is 36.8 Å². The molecule has 0 amide bonds. The molecule has 0 N–H and O–H groups in total. The van der Waals surface area contributed by atoms with Crippen LogP contribution in [-0.4, -0.2) is 76.2 Å². The van der Waals surface area contributed by atoms with E-state index in [2.05, 4.69) is 33.9 Å². The van der Waals surface area contributed by atoms with Crippen LogP contribution < -0.4 is 0 Å². The maximum atomic E-state index is 12.3. The fourth-order valence-electron chi connectivity index (χ4n) is 4.73. The molecule has 33 heavy (non-hydrogen) atoms. The Bertz CT molecular complexity index is 701. The molecule has 0 unspecified atom stereocenters. The van der Waals surface area contributed by atoms with Gasteiger partial charge in [-0.15, -0.1) is 0 Å². The highest BCUT2D eigenvalue weighted by Gasteiger charge is 2.60. The number of carbonyl (C=O) groups excluding carboxylic acids is 2. The predicted octanol–water partition coefficient (Wildman–Crippen LogP) is 3.75. The van der Waals surface area contributed by atoms with E-state index in [-0.39, 0.29) is 35.7 Å². The van der Waals surface area contributed by atoms with E-state index < -0.39 is 38.5 Å². The van der Waals surface area contributed by atoms with Gasteiger partial charge in [0.15, 0.2) is 14.1 Å². The SMILES string of the molecule is CCC1(CC)O[C@@H]2[C@H](O1)[C@@H]([C@H](C=O)O[Si](C)(C)C(C)(C)C)O[C@H]1CC[C@H](CC(=O)OC)O[C@H]21. The fraction of sp³-hybridized carbons (Fsp3) is 0.917. The summed E-state index contributed by atoms with van der Waals surface area (Å²) in [4.78, 5) is 24.1. The van der Waals surface area contributed by atoms with E-state index in [1.165, 1.54) is 7.11 Å². The Labute approximate surface area is 199 Å². The second-order valence-electron chi connectivity index (χ2n) is 11.0. The van der Waals surface area contributed by atoms with Gasteiger partial charge in [-0.3, -0.25) is 4.79 Å². The third-order valence-electron chi connectivity index (χ3n) is 7.89. The van der Waals surface area contributed by atoms with Gasteiger partial charge in [0.25, 0.3) is 0 Å². The Balaban J connectivity index is 1.87. The third kappa shape index (κ3) is 5.38. The van der Waals surface area contributed by atoms with E-state index in [1.807, 2.05) is 13.8 Å². The zero-order valence-corrected chi connectivity index (χ0v) is 22.4. The highest BCUT2D eigenvalue weighted by Crippen LogP contribution is 2.46. The number of esters is 1. The van der Waals surface area contributed by atoms with E-state index in [1.54, 1.807) is 0 Å². The lowest BCUT2D eigenvalue weighted by atomic mass is 9.87. The standard InChI is InChI=1S/C24H42O8Si/c1-9-24(10-2)30-21-19-16(12-11-15(28-19)13-18(26)27-6)29-20(22(21)31-24)17(14-25)32-33(7,8)23(3,4)5/h14-17,19-22H,9-13H2,1-8H3/t15-,16+,17+,19+,20-,21+,22-/m1/s1. The molecule has 3 aliphatic rings. The number of rotatable bonds is 8. The van der Waals surface area contributed by atoms with Gasteiger partial charge in [0.05, 0.1) is 25.7 Å². The van der Waals surface area contributed by atoms with Gasteiger partial charge >= 0.3 is 5.97 Å². The van der Waals surface area contributed by atoms with Gasteiger partial charge in [0.2, 0.25) is 0 Å². The molecule has 190 valence electrons. The Morgan fingerprint density at radius 2 is 1.73 bits per heavy atom. The number of aldehydes is 1. The maximum absolute atomic E-state index is 12.3. The summed E-state index contributed by atoms with van der Waals surface area (Å²) in [5.74, 6) is -1.05. The summed E-state index contributed by atoms with van der Waals surface area (Å²) < 4.78 is 37.2. The lowest BCUT2D eigenvalue weighted by molar-refractivity contribution is -0.250. The van der Waals surface area contributed by atoms with E-state index in [4.69, 9.17) is 28.1 Å². The van der Waals surface area contributed by atoms with Crippen molar-refractivity contribution in [2.45, 2.75) is 133 Å². The highest BCUT2D eigenvalue weighted by atomic mass is 28.4. The number of hydrogen-bond acceptors (Lipinski definition) is 8. The fourth-order valence-corrected chi connectivity index (χ4v) is 5.95. The molecule has 3 aliphatic heterocycles. The second kappa shape index (κ2) is 10.0. The monoisotopic (exact) mass is 486 g/mol. The average Bonchev–Trinajstić information content (AvgIpc) is 3.17. The largest absolute Gasteiger partial charge is 0.469 e. The van der Waals surface area contributed by atoms with Crippen LogP contribution in [0, 0.1) is 0 Å². The van der Waals surface area contributed by atoms with Crippen LogP contribution in [0.4, 0.5) is 0 Å².